The van der Waals surface area contributed by atoms with Gasteiger partial charge in [0.25, 0.3) is 5.91 Å². The first-order valence-electron chi connectivity index (χ1n) is 5.90. The van der Waals surface area contributed by atoms with Crippen molar-refractivity contribution in [1.82, 2.24) is 5.32 Å². The Morgan fingerprint density at radius 2 is 2.20 bits per heavy atom. The number of hydrogen-bond acceptors (Lipinski definition) is 5. The third-order valence-corrected chi connectivity index (χ3v) is 3.48. The van der Waals surface area contributed by atoms with Crippen molar-refractivity contribution in [1.29, 1.82) is 0 Å². The van der Waals surface area contributed by atoms with Gasteiger partial charge in [-0.25, -0.2) is 0 Å². The normalized spacial score (nSPS) is 13.5. The topological polar surface area (TPSA) is 110 Å². The Bertz CT molecular complexity index is 547. The van der Waals surface area contributed by atoms with Crippen LogP contribution in [-0.2, 0) is 10.8 Å². The molecule has 8 heteroatoms. The Morgan fingerprint density at radius 3 is 2.75 bits per heavy atom. The molecule has 1 rings (SSSR count). The fraction of sp³-hybridized carbons (Fsp3) is 0.417. The number of nitro benzene ring substituents is 1. The largest absolute Gasteiger partial charge is 0.502 e. The third kappa shape index (κ3) is 4.30. The fourth-order valence-corrected chi connectivity index (χ4v) is 2.26. The molecule has 20 heavy (non-hydrogen) atoms. The second-order valence-corrected chi connectivity index (χ2v) is 5.93. The van der Waals surface area contributed by atoms with Crippen LogP contribution in [0.25, 0.3) is 0 Å². The van der Waals surface area contributed by atoms with E-state index < -0.39 is 33.1 Å². The maximum absolute atomic E-state index is 11.9. The number of phenols is 1. The number of nitrogens with one attached hydrogen (secondary N) is 1. The highest BCUT2D eigenvalue weighted by molar-refractivity contribution is 7.84. The molecule has 2 atom stereocenters. The first-order chi connectivity index (χ1) is 9.32. The summed E-state index contributed by atoms with van der Waals surface area (Å²) in [6, 6.07) is 3.52. The number of nitrogens with zero attached hydrogens (tertiary/aromatic N) is 1. The number of carbonyl (C=O) groups excluding carboxylic acids is 1. The van der Waals surface area contributed by atoms with Crippen LogP contribution in [0.3, 0.4) is 0 Å². The number of phenolic OH excluding ortho intramolecular Hbond substituents is 1. The van der Waals surface area contributed by atoms with E-state index in [9.17, 15) is 24.2 Å². The Balaban J connectivity index is 2.80. The van der Waals surface area contributed by atoms with E-state index in [0.717, 1.165) is 6.07 Å². The SMILES string of the molecule is CC(CCS(C)=O)NC(=O)c1cccc([N+](=O)[O-])c1O. The first kappa shape index (κ1) is 16.1. The second kappa shape index (κ2) is 6.99. The molecule has 0 heterocycles. The summed E-state index contributed by atoms with van der Waals surface area (Å²) in [5, 5.41) is 23.0. The quantitative estimate of drug-likeness (QED) is 0.605. The van der Waals surface area contributed by atoms with Gasteiger partial charge in [-0.15, -0.1) is 0 Å². The highest BCUT2D eigenvalue weighted by Gasteiger charge is 2.21. The third-order valence-electron chi connectivity index (χ3n) is 2.67. The van der Waals surface area contributed by atoms with Crippen molar-refractivity contribution in [2.45, 2.75) is 19.4 Å². The molecule has 0 aliphatic rings. The van der Waals surface area contributed by atoms with Crippen molar-refractivity contribution in [3.8, 4) is 5.75 Å². The minimum atomic E-state index is -0.950. The molecule has 2 unspecified atom stereocenters. The van der Waals surface area contributed by atoms with Crippen LogP contribution in [0.2, 0.25) is 0 Å². The number of benzene rings is 1. The molecule has 0 saturated carbocycles. The average Bonchev–Trinajstić information content (AvgIpc) is 2.36. The van der Waals surface area contributed by atoms with E-state index in [0.29, 0.717) is 12.2 Å². The van der Waals surface area contributed by atoms with Crippen LogP contribution in [0, 0.1) is 10.1 Å². The van der Waals surface area contributed by atoms with Crippen LogP contribution in [0.1, 0.15) is 23.7 Å². The highest BCUT2D eigenvalue weighted by atomic mass is 32.2. The maximum atomic E-state index is 11.9. The van der Waals surface area contributed by atoms with Crippen LogP contribution in [-0.4, -0.2) is 38.2 Å². The molecular weight excluding hydrogens is 284 g/mol. The predicted molar refractivity (Wildman–Crippen MR) is 75.2 cm³/mol. The Hall–Kier alpha value is -1.96. The number of rotatable bonds is 6. The van der Waals surface area contributed by atoms with Crippen molar-refractivity contribution in [3.05, 3.63) is 33.9 Å². The van der Waals surface area contributed by atoms with E-state index >= 15 is 0 Å². The minimum absolute atomic E-state index is 0.149. The molecule has 0 fully saturated rings. The molecule has 0 aliphatic carbocycles. The monoisotopic (exact) mass is 300 g/mol. The zero-order valence-corrected chi connectivity index (χ0v) is 12.0. The van der Waals surface area contributed by atoms with Gasteiger partial charge in [0.2, 0.25) is 5.75 Å². The standard InChI is InChI=1S/C12H16N2O5S/c1-8(6-7-20(2)19)13-12(16)9-4-3-5-10(11(9)15)14(17)18/h3-5,8,15H,6-7H2,1-2H3,(H,13,16). The summed E-state index contributed by atoms with van der Waals surface area (Å²) in [7, 11) is -0.950. The van der Waals surface area contributed by atoms with Gasteiger partial charge in [-0.3, -0.25) is 19.1 Å². The van der Waals surface area contributed by atoms with Gasteiger partial charge in [-0.1, -0.05) is 6.07 Å². The van der Waals surface area contributed by atoms with E-state index in [1.54, 1.807) is 13.2 Å². The molecule has 2 N–H and O–H groups in total. The van der Waals surface area contributed by atoms with E-state index in [1.165, 1.54) is 12.1 Å². The smallest absolute Gasteiger partial charge is 0.311 e. The molecule has 0 spiro atoms. The summed E-state index contributed by atoms with van der Waals surface area (Å²) in [5.74, 6) is -0.801. The van der Waals surface area contributed by atoms with Crippen molar-refractivity contribution in [2.24, 2.45) is 0 Å². The molecule has 0 bridgehead atoms. The Labute approximate surface area is 118 Å². The molecular formula is C12H16N2O5S. The van der Waals surface area contributed by atoms with Crippen LogP contribution < -0.4 is 5.32 Å². The summed E-state index contributed by atoms with van der Waals surface area (Å²) in [6.45, 7) is 1.74. The predicted octanol–water partition coefficient (Wildman–Crippen LogP) is 1.19. The van der Waals surface area contributed by atoms with Crippen molar-refractivity contribution < 1.29 is 19.0 Å². The molecule has 1 amide bonds. The summed E-state index contributed by atoms with van der Waals surface area (Å²) in [5.41, 5.74) is -0.663. The van der Waals surface area contributed by atoms with Crippen molar-refractivity contribution in [3.63, 3.8) is 0 Å². The van der Waals surface area contributed by atoms with Crippen molar-refractivity contribution in [2.75, 3.05) is 12.0 Å². The number of para-hydroxylation sites is 1. The molecule has 110 valence electrons. The number of carbonyl (C=O) groups is 1. The Morgan fingerprint density at radius 1 is 1.55 bits per heavy atom. The van der Waals surface area contributed by atoms with Crippen LogP contribution in [0.5, 0.6) is 5.75 Å². The van der Waals surface area contributed by atoms with Crippen LogP contribution >= 0.6 is 0 Å². The zero-order chi connectivity index (χ0) is 15.3. The van der Waals surface area contributed by atoms with Gasteiger partial charge in [0, 0.05) is 34.9 Å². The molecule has 0 saturated heterocycles. The number of amides is 1. The molecule has 0 radical (unpaired) electrons. The summed E-state index contributed by atoms with van der Waals surface area (Å²) in [4.78, 5) is 21.8. The molecule has 0 aromatic heterocycles. The van der Waals surface area contributed by atoms with Gasteiger partial charge in [-0.2, -0.15) is 0 Å². The van der Waals surface area contributed by atoms with E-state index in [1.807, 2.05) is 0 Å². The fourth-order valence-electron chi connectivity index (χ4n) is 1.58. The van der Waals surface area contributed by atoms with Gasteiger partial charge >= 0.3 is 5.69 Å². The lowest BCUT2D eigenvalue weighted by Crippen LogP contribution is -2.33. The first-order valence-corrected chi connectivity index (χ1v) is 7.63. The number of aromatic hydroxyl groups is 1. The highest BCUT2D eigenvalue weighted by Crippen LogP contribution is 2.29. The van der Waals surface area contributed by atoms with Crippen LogP contribution in [0.15, 0.2) is 18.2 Å². The van der Waals surface area contributed by atoms with Gasteiger partial charge < -0.3 is 10.4 Å². The average molecular weight is 300 g/mol. The summed E-state index contributed by atoms with van der Waals surface area (Å²) < 4.78 is 11.0. The Kier molecular flexibility index (Phi) is 5.63. The van der Waals surface area contributed by atoms with Crippen molar-refractivity contribution >= 4 is 22.4 Å². The van der Waals surface area contributed by atoms with Gasteiger partial charge in [0.1, 0.15) is 0 Å². The number of hydrogen-bond donors (Lipinski definition) is 2. The maximum Gasteiger partial charge on any atom is 0.311 e. The molecule has 0 aliphatic heterocycles. The summed E-state index contributed by atoms with van der Waals surface area (Å²) in [6.07, 6.45) is 2.09. The molecule has 1 aromatic carbocycles. The van der Waals surface area contributed by atoms with Crippen LogP contribution in [0.4, 0.5) is 5.69 Å². The van der Waals surface area contributed by atoms with Gasteiger partial charge in [0.05, 0.1) is 10.5 Å². The van der Waals surface area contributed by atoms with Gasteiger partial charge in [-0.05, 0) is 19.4 Å². The number of nitro groups is 1. The zero-order valence-electron chi connectivity index (χ0n) is 11.2. The molecule has 7 nitrogen and oxygen atoms in total. The molecule has 1 aromatic rings. The minimum Gasteiger partial charge on any atom is -0.502 e. The lowest BCUT2D eigenvalue weighted by Gasteiger charge is -2.13. The lowest BCUT2D eigenvalue weighted by atomic mass is 10.1. The van der Waals surface area contributed by atoms with E-state index in [-0.39, 0.29) is 11.6 Å². The van der Waals surface area contributed by atoms with Gasteiger partial charge in [0.15, 0.2) is 0 Å². The van der Waals surface area contributed by atoms with E-state index in [4.69, 9.17) is 0 Å². The van der Waals surface area contributed by atoms with E-state index in [2.05, 4.69) is 5.32 Å². The second-order valence-electron chi connectivity index (χ2n) is 4.37. The lowest BCUT2D eigenvalue weighted by molar-refractivity contribution is -0.385. The summed E-state index contributed by atoms with van der Waals surface area (Å²) >= 11 is 0.